The third-order valence-electron chi connectivity index (χ3n) is 2.20. The zero-order valence-electron chi connectivity index (χ0n) is 10.5. The standard InChI is InChI=1S/C13H20N2O2/c1-3-8-14-13(16)15-10-11-6-5-7-12(9-11)17-4-2/h5-7,9H,3-4,8,10H2,1-2H3,(H2,14,15,16). The van der Waals surface area contributed by atoms with Crippen LogP contribution >= 0.6 is 0 Å². The number of ether oxygens (including phenoxy) is 1. The van der Waals surface area contributed by atoms with Crippen LogP contribution in [-0.2, 0) is 6.54 Å². The summed E-state index contributed by atoms with van der Waals surface area (Å²) in [7, 11) is 0. The molecule has 0 aliphatic rings. The minimum Gasteiger partial charge on any atom is -0.494 e. The highest BCUT2D eigenvalue weighted by atomic mass is 16.5. The fourth-order valence-electron chi connectivity index (χ4n) is 1.40. The van der Waals surface area contributed by atoms with Gasteiger partial charge in [-0.25, -0.2) is 4.79 Å². The van der Waals surface area contributed by atoms with Gasteiger partial charge >= 0.3 is 6.03 Å². The molecule has 1 aromatic rings. The zero-order chi connectivity index (χ0) is 12.5. The first-order chi connectivity index (χ1) is 8.26. The molecule has 17 heavy (non-hydrogen) atoms. The van der Waals surface area contributed by atoms with E-state index in [1.165, 1.54) is 0 Å². The van der Waals surface area contributed by atoms with Crippen molar-refractivity contribution < 1.29 is 9.53 Å². The van der Waals surface area contributed by atoms with E-state index in [0.717, 1.165) is 17.7 Å². The van der Waals surface area contributed by atoms with E-state index in [0.29, 0.717) is 19.7 Å². The lowest BCUT2D eigenvalue weighted by molar-refractivity contribution is 0.240. The SMILES string of the molecule is CCCNC(=O)NCc1cccc(OCC)c1. The van der Waals surface area contributed by atoms with E-state index in [1.807, 2.05) is 38.1 Å². The van der Waals surface area contributed by atoms with Crippen molar-refractivity contribution in [2.24, 2.45) is 0 Å². The van der Waals surface area contributed by atoms with Gasteiger partial charge in [-0.3, -0.25) is 0 Å². The molecule has 0 heterocycles. The normalized spacial score (nSPS) is 9.76. The van der Waals surface area contributed by atoms with Crippen LogP contribution in [-0.4, -0.2) is 19.2 Å². The van der Waals surface area contributed by atoms with Gasteiger partial charge in [0.05, 0.1) is 6.61 Å². The maximum absolute atomic E-state index is 11.3. The van der Waals surface area contributed by atoms with Crippen LogP contribution in [0.2, 0.25) is 0 Å². The third kappa shape index (κ3) is 5.24. The van der Waals surface area contributed by atoms with Gasteiger partial charge in [0, 0.05) is 13.1 Å². The Bertz CT molecular complexity index is 353. The first-order valence-corrected chi connectivity index (χ1v) is 5.99. The Balaban J connectivity index is 2.40. The summed E-state index contributed by atoms with van der Waals surface area (Å²) < 4.78 is 5.39. The van der Waals surface area contributed by atoms with Crippen molar-refractivity contribution in [3.05, 3.63) is 29.8 Å². The molecule has 0 unspecified atom stereocenters. The van der Waals surface area contributed by atoms with Crippen LogP contribution in [0.5, 0.6) is 5.75 Å². The zero-order valence-corrected chi connectivity index (χ0v) is 10.5. The van der Waals surface area contributed by atoms with Crippen LogP contribution in [0.4, 0.5) is 4.79 Å². The van der Waals surface area contributed by atoms with Gasteiger partial charge in [-0.1, -0.05) is 19.1 Å². The van der Waals surface area contributed by atoms with Crippen molar-refractivity contribution in [2.75, 3.05) is 13.2 Å². The van der Waals surface area contributed by atoms with Gasteiger partial charge in [-0.05, 0) is 31.0 Å². The maximum Gasteiger partial charge on any atom is 0.315 e. The molecule has 2 amide bonds. The second-order valence-corrected chi connectivity index (χ2v) is 3.69. The summed E-state index contributed by atoms with van der Waals surface area (Å²) in [6.45, 7) is 5.82. The average molecular weight is 236 g/mol. The molecule has 0 fully saturated rings. The Morgan fingerprint density at radius 2 is 2.12 bits per heavy atom. The second kappa shape index (κ2) is 7.54. The van der Waals surface area contributed by atoms with Crippen molar-refractivity contribution in [3.8, 4) is 5.75 Å². The van der Waals surface area contributed by atoms with Crippen LogP contribution in [0, 0.1) is 0 Å². The number of urea groups is 1. The van der Waals surface area contributed by atoms with Crippen molar-refractivity contribution in [1.29, 1.82) is 0 Å². The number of rotatable bonds is 6. The third-order valence-corrected chi connectivity index (χ3v) is 2.20. The Kier molecular flexibility index (Phi) is 5.93. The fraction of sp³-hybridized carbons (Fsp3) is 0.462. The van der Waals surface area contributed by atoms with Crippen molar-refractivity contribution >= 4 is 6.03 Å². The lowest BCUT2D eigenvalue weighted by atomic mass is 10.2. The predicted octanol–water partition coefficient (Wildman–Crippen LogP) is 2.29. The number of hydrogen-bond acceptors (Lipinski definition) is 2. The van der Waals surface area contributed by atoms with E-state index in [2.05, 4.69) is 10.6 Å². The molecule has 2 N–H and O–H groups in total. The largest absolute Gasteiger partial charge is 0.494 e. The summed E-state index contributed by atoms with van der Waals surface area (Å²) in [6, 6.07) is 7.59. The number of amides is 2. The number of hydrogen-bond donors (Lipinski definition) is 2. The molecule has 0 bridgehead atoms. The highest BCUT2D eigenvalue weighted by Gasteiger charge is 2.00. The maximum atomic E-state index is 11.3. The van der Waals surface area contributed by atoms with Crippen molar-refractivity contribution in [2.45, 2.75) is 26.8 Å². The smallest absolute Gasteiger partial charge is 0.315 e. The molecule has 0 aliphatic carbocycles. The highest BCUT2D eigenvalue weighted by molar-refractivity contribution is 5.73. The molecular formula is C13H20N2O2. The van der Waals surface area contributed by atoms with Gasteiger partial charge in [-0.2, -0.15) is 0 Å². The molecule has 0 radical (unpaired) electrons. The Morgan fingerprint density at radius 3 is 2.82 bits per heavy atom. The van der Waals surface area contributed by atoms with Gasteiger partial charge in [0.15, 0.2) is 0 Å². The molecule has 0 atom stereocenters. The Hall–Kier alpha value is -1.71. The molecular weight excluding hydrogens is 216 g/mol. The molecule has 0 aromatic heterocycles. The molecule has 1 rings (SSSR count). The Labute approximate surface area is 102 Å². The first-order valence-electron chi connectivity index (χ1n) is 5.99. The molecule has 0 saturated heterocycles. The Morgan fingerprint density at radius 1 is 1.29 bits per heavy atom. The molecule has 4 heteroatoms. The summed E-state index contributed by atoms with van der Waals surface area (Å²) in [5, 5.41) is 5.56. The quantitative estimate of drug-likeness (QED) is 0.796. The van der Waals surface area contributed by atoms with Crippen LogP contribution in [0.15, 0.2) is 24.3 Å². The monoisotopic (exact) mass is 236 g/mol. The van der Waals surface area contributed by atoms with Gasteiger partial charge in [-0.15, -0.1) is 0 Å². The predicted molar refractivity (Wildman–Crippen MR) is 68.1 cm³/mol. The summed E-state index contributed by atoms with van der Waals surface area (Å²) >= 11 is 0. The molecule has 0 spiro atoms. The summed E-state index contributed by atoms with van der Waals surface area (Å²) in [4.78, 5) is 11.3. The van der Waals surface area contributed by atoms with E-state index in [4.69, 9.17) is 4.74 Å². The van der Waals surface area contributed by atoms with E-state index < -0.39 is 0 Å². The van der Waals surface area contributed by atoms with E-state index >= 15 is 0 Å². The molecule has 0 saturated carbocycles. The minimum absolute atomic E-state index is 0.131. The fourth-order valence-corrected chi connectivity index (χ4v) is 1.40. The van der Waals surface area contributed by atoms with Crippen LogP contribution in [0.1, 0.15) is 25.8 Å². The van der Waals surface area contributed by atoms with Crippen molar-refractivity contribution in [1.82, 2.24) is 10.6 Å². The van der Waals surface area contributed by atoms with Gasteiger partial charge in [0.1, 0.15) is 5.75 Å². The number of carbonyl (C=O) groups excluding carboxylic acids is 1. The highest BCUT2D eigenvalue weighted by Crippen LogP contribution is 2.12. The summed E-state index contributed by atoms with van der Waals surface area (Å²) in [6.07, 6.45) is 0.938. The molecule has 4 nitrogen and oxygen atoms in total. The molecule has 0 aliphatic heterocycles. The number of benzene rings is 1. The summed E-state index contributed by atoms with van der Waals surface area (Å²) in [5.41, 5.74) is 1.03. The number of nitrogens with one attached hydrogen (secondary N) is 2. The topological polar surface area (TPSA) is 50.4 Å². The van der Waals surface area contributed by atoms with E-state index in [1.54, 1.807) is 0 Å². The second-order valence-electron chi connectivity index (χ2n) is 3.69. The van der Waals surface area contributed by atoms with Crippen LogP contribution < -0.4 is 15.4 Å². The van der Waals surface area contributed by atoms with Gasteiger partial charge in [0.25, 0.3) is 0 Å². The van der Waals surface area contributed by atoms with Gasteiger partial charge < -0.3 is 15.4 Å². The van der Waals surface area contributed by atoms with Gasteiger partial charge in [0.2, 0.25) is 0 Å². The van der Waals surface area contributed by atoms with E-state index in [9.17, 15) is 4.79 Å². The molecule has 1 aromatic carbocycles. The molecule has 94 valence electrons. The average Bonchev–Trinajstić information content (AvgIpc) is 2.35. The van der Waals surface area contributed by atoms with Crippen LogP contribution in [0.25, 0.3) is 0 Å². The lowest BCUT2D eigenvalue weighted by Gasteiger charge is -2.08. The lowest BCUT2D eigenvalue weighted by Crippen LogP contribution is -2.35. The number of carbonyl (C=O) groups is 1. The van der Waals surface area contributed by atoms with E-state index in [-0.39, 0.29) is 6.03 Å². The minimum atomic E-state index is -0.131. The van der Waals surface area contributed by atoms with Crippen LogP contribution in [0.3, 0.4) is 0 Å². The van der Waals surface area contributed by atoms with Crippen molar-refractivity contribution in [3.63, 3.8) is 0 Å². The summed E-state index contributed by atoms with van der Waals surface area (Å²) in [5.74, 6) is 0.834. The first kappa shape index (κ1) is 13.4.